The van der Waals surface area contributed by atoms with Crippen molar-refractivity contribution >= 4 is 17.3 Å². The Morgan fingerprint density at radius 3 is 2.42 bits per heavy atom. The Morgan fingerprint density at radius 2 is 1.82 bits per heavy atom. The van der Waals surface area contributed by atoms with E-state index in [9.17, 15) is 24.6 Å². The van der Waals surface area contributed by atoms with E-state index in [2.05, 4.69) is 10.3 Å². The molecule has 1 aliphatic carbocycles. The van der Waals surface area contributed by atoms with Crippen LogP contribution in [-0.2, 0) is 22.1 Å². The maximum Gasteiger partial charge on any atom is 0.194 e. The van der Waals surface area contributed by atoms with Crippen LogP contribution in [-0.4, -0.2) is 37.1 Å². The molecule has 9 heteroatoms. The fourth-order valence-corrected chi connectivity index (χ4v) is 5.25. The molecule has 0 saturated heterocycles. The number of fused-ring (bicyclic) bond motifs is 3. The minimum atomic E-state index is -1.58. The number of ether oxygens (including phenoxy) is 1. The summed E-state index contributed by atoms with van der Waals surface area (Å²) < 4.78 is 7.69. The predicted octanol–water partition coefficient (Wildman–Crippen LogP) is 3.68. The van der Waals surface area contributed by atoms with Crippen LogP contribution in [0, 0.1) is 6.92 Å². The van der Waals surface area contributed by atoms with E-state index in [-0.39, 0.29) is 39.5 Å². The number of carbonyl (C=O) groups excluding carboxylic acids is 3. The second-order valence-electron chi connectivity index (χ2n) is 9.77. The predicted molar refractivity (Wildman–Crippen MR) is 138 cm³/mol. The molecule has 0 amide bonds. The number of carbonyl (C=O) groups is 3. The highest BCUT2D eigenvalue weighted by Crippen LogP contribution is 2.57. The Balaban J connectivity index is 1.66. The molecule has 0 saturated carbocycles. The molecule has 0 unspecified atom stereocenters. The van der Waals surface area contributed by atoms with Crippen molar-refractivity contribution in [3.8, 4) is 17.2 Å². The van der Waals surface area contributed by atoms with E-state index < -0.39 is 34.6 Å². The van der Waals surface area contributed by atoms with Gasteiger partial charge in [-0.2, -0.15) is 0 Å². The maximum absolute atomic E-state index is 14.1. The van der Waals surface area contributed by atoms with E-state index in [0.29, 0.717) is 11.5 Å². The van der Waals surface area contributed by atoms with Crippen molar-refractivity contribution < 1.29 is 29.3 Å². The first-order valence-electron chi connectivity index (χ1n) is 12.1. The zero-order valence-electron chi connectivity index (χ0n) is 21.6. The molecule has 5 rings (SSSR count). The van der Waals surface area contributed by atoms with Gasteiger partial charge in [-0.25, -0.2) is 4.98 Å². The van der Waals surface area contributed by atoms with Crippen LogP contribution in [0.3, 0.4) is 0 Å². The number of nitrogens with zero attached hydrogens (tertiary/aromatic N) is 2. The molecular formula is C29H27N3O6. The molecule has 2 aliphatic rings. The number of phenols is 2. The van der Waals surface area contributed by atoms with Crippen LogP contribution in [0.15, 0.2) is 65.8 Å². The van der Waals surface area contributed by atoms with E-state index in [0.717, 1.165) is 5.56 Å². The van der Waals surface area contributed by atoms with Crippen LogP contribution < -0.4 is 10.1 Å². The zero-order chi connectivity index (χ0) is 27.5. The third kappa shape index (κ3) is 3.46. The molecule has 0 fully saturated rings. The van der Waals surface area contributed by atoms with Gasteiger partial charge in [0.1, 0.15) is 45.9 Å². The van der Waals surface area contributed by atoms with Gasteiger partial charge in [0.15, 0.2) is 17.3 Å². The fraction of sp³-hybridized carbons (Fsp3) is 0.241. The molecular weight excluding hydrogens is 486 g/mol. The lowest BCUT2D eigenvalue weighted by molar-refractivity contribution is -0.123. The number of allylic oxidation sites excluding steroid dienone is 4. The number of phenolic OH excluding ortho intramolecular Hbond substituents is 2. The summed E-state index contributed by atoms with van der Waals surface area (Å²) >= 11 is 0. The van der Waals surface area contributed by atoms with Crippen LogP contribution in [0.25, 0.3) is 0 Å². The molecule has 194 valence electrons. The highest BCUT2D eigenvalue weighted by atomic mass is 16.5. The van der Waals surface area contributed by atoms with Gasteiger partial charge in [0.25, 0.3) is 0 Å². The van der Waals surface area contributed by atoms with Crippen molar-refractivity contribution in [1.82, 2.24) is 14.9 Å². The molecule has 1 aromatic heterocycles. The average molecular weight is 514 g/mol. The molecule has 0 spiro atoms. The summed E-state index contributed by atoms with van der Waals surface area (Å²) in [6, 6.07) is 9.05. The lowest BCUT2D eigenvalue weighted by atomic mass is 9.70. The van der Waals surface area contributed by atoms with E-state index in [1.165, 1.54) is 19.9 Å². The van der Waals surface area contributed by atoms with Crippen LogP contribution >= 0.6 is 0 Å². The summed E-state index contributed by atoms with van der Waals surface area (Å²) in [6.45, 7) is 5.88. The molecule has 1 aliphatic heterocycles. The third-order valence-electron chi connectivity index (χ3n) is 7.37. The largest absolute Gasteiger partial charge is 0.507 e. The summed E-state index contributed by atoms with van der Waals surface area (Å²) in [5.74, 6) is -1.90. The SMILES string of the molecule is CC(=O)c1c(O)c(C)c(O)c2c1OC1=CC(=O)/C(=C(/C)N[C@H](c3ccccc3)c3nccn3C)C(=O)[C@@]12C. The summed E-state index contributed by atoms with van der Waals surface area (Å²) in [5, 5.41) is 24.9. The number of ketones is 3. The van der Waals surface area contributed by atoms with Crippen molar-refractivity contribution in [3.05, 3.63) is 93.9 Å². The van der Waals surface area contributed by atoms with Crippen molar-refractivity contribution in [2.45, 2.75) is 39.2 Å². The minimum Gasteiger partial charge on any atom is -0.507 e. The number of aryl methyl sites for hydroxylation is 1. The number of imidazole rings is 1. The zero-order valence-corrected chi connectivity index (χ0v) is 21.6. The molecule has 9 nitrogen and oxygen atoms in total. The van der Waals surface area contributed by atoms with Crippen LogP contribution in [0.1, 0.15) is 59.7 Å². The number of benzene rings is 2. The highest BCUT2D eigenvalue weighted by molar-refractivity contribution is 6.31. The average Bonchev–Trinajstić information content (AvgIpc) is 3.42. The molecule has 2 heterocycles. The van der Waals surface area contributed by atoms with Crippen LogP contribution in [0.2, 0.25) is 0 Å². The van der Waals surface area contributed by atoms with Gasteiger partial charge in [0, 0.05) is 36.8 Å². The first kappa shape index (κ1) is 25.0. The van der Waals surface area contributed by atoms with E-state index in [4.69, 9.17) is 4.74 Å². The van der Waals surface area contributed by atoms with Gasteiger partial charge in [-0.1, -0.05) is 30.3 Å². The molecule has 0 radical (unpaired) electrons. The van der Waals surface area contributed by atoms with Gasteiger partial charge in [-0.05, 0) is 33.3 Å². The summed E-state index contributed by atoms with van der Waals surface area (Å²) in [7, 11) is 1.86. The Morgan fingerprint density at radius 1 is 1.13 bits per heavy atom. The van der Waals surface area contributed by atoms with Crippen molar-refractivity contribution in [2.24, 2.45) is 7.05 Å². The third-order valence-corrected chi connectivity index (χ3v) is 7.37. The molecule has 2 atom stereocenters. The maximum atomic E-state index is 14.1. The standard InChI is InChI=1S/C29H27N3O6/c1-14-24(35)21(16(3)33)26-22(25(14)36)29(4)19(38-26)13-18(34)20(27(29)37)15(2)31-23(17-9-7-6-8-10-17)28-30-11-12-32(28)5/h6-13,23,31,35-36H,1-5H3/b20-15+/t23-,29+/m1/s1. The van der Waals surface area contributed by atoms with Gasteiger partial charge in [-0.3, -0.25) is 14.4 Å². The molecule has 38 heavy (non-hydrogen) atoms. The Hall–Kier alpha value is -4.66. The normalized spacial score (nSPS) is 20.3. The van der Waals surface area contributed by atoms with Crippen molar-refractivity contribution in [2.75, 3.05) is 0 Å². The minimum absolute atomic E-state index is 0.00874. The van der Waals surface area contributed by atoms with E-state index in [1.54, 1.807) is 20.0 Å². The lowest BCUT2D eigenvalue weighted by Gasteiger charge is -2.30. The molecule has 2 aromatic carbocycles. The molecule has 3 aromatic rings. The van der Waals surface area contributed by atoms with Crippen LogP contribution in [0.5, 0.6) is 17.2 Å². The van der Waals surface area contributed by atoms with Crippen LogP contribution in [0.4, 0.5) is 0 Å². The Bertz CT molecular complexity index is 1600. The topological polar surface area (TPSA) is 131 Å². The monoisotopic (exact) mass is 513 g/mol. The Labute approximate surface area is 219 Å². The van der Waals surface area contributed by atoms with Gasteiger partial charge in [0.05, 0.1) is 11.1 Å². The summed E-state index contributed by atoms with van der Waals surface area (Å²) in [6.07, 6.45) is 4.68. The van der Waals surface area contributed by atoms with Crippen molar-refractivity contribution in [3.63, 3.8) is 0 Å². The molecule has 3 N–H and O–H groups in total. The second-order valence-corrected chi connectivity index (χ2v) is 9.77. The number of aromatic hydroxyl groups is 2. The number of hydrogen-bond donors (Lipinski definition) is 3. The lowest BCUT2D eigenvalue weighted by Crippen LogP contribution is -2.41. The summed E-state index contributed by atoms with van der Waals surface area (Å²) in [5.41, 5.74) is -0.531. The van der Waals surface area contributed by atoms with E-state index >= 15 is 0 Å². The first-order chi connectivity index (χ1) is 18.0. The van der Waals surface area contributed by atoms with Crippen molar-refractivity contribution in [1.29, 1.82) is 0 Å². The first-order valence-corrected chi connectivity index (χ1v) is 12.1. The quantitative estimate of drug-likeness (QED) is 0.268. The fourth-order valence-electron chi connectivity index (χ4n) is 5.25. The number of rotatable bonds is 5. The summed E-state index contributed by atoms with van der Waals surface area (Å²) in [4.78, 5) is 44.3. The molecule has 0 bridgehead atoms. The highest BCUT2D eigenvalue weighted by Gasteiger charge is 2.56. The van der Waals surface area contributed by atoms with Gasteiger partial charge < -0.3 is 24.8 Å². The smallest absolute Gasteiger partial charge is 0.194 e. The van der Waals surface area contributed by atoms with Gasteiger partial charge in [-0.15, -0.1) is 0 Å². The Kier molecular flexibility index (Phi) is 5.74. The van der Waals surface area contributed by atoms with Gasteiger partial charge >= 0.3 is 0 Å². The number of nitrogens with one attached hydrogen (secondary N) is 1. The second kappa shape index (κ2) is 8.72. The van der Waals surface area contributed by atoms with E-state index in [1.807, 2.05) is 48.1 Å². The number of aromatic nitrogens is 2. The van der Waals surface area contributed by atoms with Gasteiger partial charge in [0.2, 0.25) is 0 Å². The number of hydrogen-bond acceptors (Lipinski definition) is 8. The number of Topliss-reactive ketones (excluding diaryl/α,β-unsaturated/α-hetero) is 2.